The molecule has 2 heteroatoms. The smallest absolute Gasteiger partial charge is 0.0384 e. The van der Waals surface area contributed by atoms with Crippen LogP contribution in [0.3, 0.4) is 0 Å². The van der Waals surface area contributed by atoms with E-state index in [0.717, 1.165) is 11.4 Å². The molecule has 70 valence electrons. The first-order chi connectivity index (χ1) is 6.84. The molecule has 14 heavy (non-hydrogen) atoms. The fourth-order valence-corrected chi connectivity index (χ4v) is 1.45. The Morgan fingerprint density at radius 1 is 0.714 bits per heavy atom. The molecule has 0 aromatic heterocycles. The lowest BCUT2D eigenvalue weighted by molar-refractivity contribution is 1.56. The van der Waals surface area contributed by atoms with E-state index < -0.39 is 0 Å². The van der Waals surface area contributed by atoms with Crippen molar-refractivity contribution >= 4 is 25.9 Å². The Labute approximate surface area is 86.4 Å². The van der Waals surface area contributed by atoms with E-state index >= 15 is 0 Å². The average molecular weight is 201 g/mol. The SMILES string of the molecule is Pc1ccc(Nc2ccccc2)cc1. The van der Waals surface area contributed by atoms with E-state index in [-0.39, 0.29) is 0 Å². The van der Waals surface area contributed by atoms with Gasteiger partial charge in [-0.2, -0.15) is 0 Å². The van der Waals surface area contributed by atoms with Crippen LogP contribution in [0.15, 0.2) is 54.6 Å². The lowest BCUT2D eigenvalue weighted by atomic mass is 10.3. The molecule has 0 bridgehead atoms. The van der Waals surface area contributed by atoms with Gasteiger partial charge in [0, 0.05) is 11.4 Å². The number of nitrogens with one attached hydrogen (secondary N) is 1. The molecule has 1 N–H and O–H groups in total. The molecule has 1 unspecified atom stereocenters. The molecule has 0 aliphatic carbocycles. The van der Waals surface area contributed by atoms with Crippen LogP contribution in [0, 0.1) is 0 Å². The van der Waals surface area contributed by atoms with Gasteiger partial charge in [-0.1, -0.05) is 30.3 Å². The molecule has 0 amide bonds. The molecule has 0 saturated heterocycles. The number of para-hydroxylation sites is 1. The van der Waals surface area contributed by atoms with E-state index in [1.54, 1.807) is 0 Å². The van der Waals surface area contributed by atoms with Crippen molar-refractivity contribution in [1.82, 2.24) is 0 Å². The zero-order chi connectivity index (χ0) is 9.80. The number of rotatable bonds is 2. The zero-order valence-electron chi connectivity index (χ0n) is 7.77. The Morgan fingerprint density at radius 2 is 1.29 bits per heavy atom. The van der Waals surface area contributed by atoms with Crippen LogP contribution >= 0.6 is 9.24 Å². The van der Waals surface area contributed by atoms with Crippen LogP contribution in [0.4, 0.5) is 11.4 Å². The van der Waals surface area contributed by atoms with Gasteiger partial charge in [-0.15, -0.1) is 9.24 Å². The van der Waals surface area contributed by atoms with E-state index in [0.29, 0.717) is 0 Å². The minimum absolute atomic E-state index is 1.11. The zero-order valence-corrected chi connectivity index (χ0v) is 8.93. The summed E-state index contributed by atoms with van der Waals surface area (Å²) in [5, 5.41) is 4.52. The second-order valence-electron chi connectivity index (χ2n) is 3.11. The van der Waals surface area contributed by atoms with Crippen molar-refractivity contribution in [2.24, 2.45) is 0 Å². The van der Waals surface area contributed by atoms with E-state index in [2.05, 4.69) is 51.0 Å². The fourth-order valence-electron chi connectivity index (χ4n) is 1.25. The van der Waals surface area contributed by atoms with Gasteiger partial charge in [0.15, 0.2) is 0 Å². The van der Waals surface area contributed by atoms with Crippen LogP contribution in [0.2, 0.25) is 0 Å². The molecular weight excluding hydrogens is 189 g/mol. The first-order valence-corrected chi connectivity index (χ1v) is 5.10. The van der Waals surface area contributed by atoms with Crippen LogP contribution in [0.1, 0.15) is 0 Å². The van der Waals surface area contributed by atoms with Crippen molar-refractivity contribution in [2.45, 2.75) is 0 Å². The predicted molar refractivity (Wildman–Crippen MR) is 65.5 cm³/mol. The maximum absolute atomic E-state index is 3.32. The molecule has 0 heterocycles. The van der Waals surface area contributed by atoms with E-state index in [9.17, 15) is 0 Å². The monoisotopic (exact) mass is 201 g/mol. The summed E-state index contributed by atoms with van der Waals surface area (Å²) in [6, 6.07) is 18.4. The average Bonchev–Trinajstić information content (AvgIpc) is 2.23. The molecule has 1 nitrogen and oxygen atoms in total. The van der Waals surface area contributed by atoms with Gasteiger partial charge in [-0.3, -0.25) is 0 Å². The number of hydrogen-bond acceptors (Lipinski definition) is 1. The lowest BCUT2D eigenvalue weighted by Crippen LogP contribution is -1.92. The lowest BCUT2D eigenvalue weighted by Gasteiger charge is -2.05. The molecule has 2 rings (SSSR count). The third-order valence-electron chi connectivity index (χ3n) is 1.97. The van der Waals surface area contributed by atoms with Crippen LogP contribution in [0.25, 0.3) is 0 Å². The highest BCUT2D eigenvalue weighted by Crippen LogP contribution is 2.14. The van der Waals surface area contributed by atoms with Gasteiger partial charge in [0.2, 0.25) is 0 Å². The van der Waals surface area contributed by atoms with Gasteiger partial charge >= 0.3 is 0 Å². The summed E-state index contributed by atoms with van der Waals surface area (Å²) in [6.07, 6.45) is 0. The second-order valence-corrected chi connectivity index (χ2v) is 3.78. The molecule has 2 aromatic rings. The maximum atomic E-state index is 3.32. The van der Waals surface area contributed by atoms with Gasteiger partial charge < -0.3 is 5.32 Å². The molecular formula is C12H12NP. The van der Waals surface area contributed by atoms with E-state index in [1.807, 2.05) is 18.2 Å². The van der Waals surface area contributed by atoms with Crippen molar-refractivity contribution in [1.29, 1.82) is 0 Å². The number of anilines is 2. The highest BCUT2D eigenvalue weighted by Gasteiger charge is 1.91. The minimum atomic E-state index is 1.11. The fraction of sp³-hybridized carbons (Fsp3) is 0. The van der Waals surface area contributed by atoms with Crippen LogP contribution in [-0.2, 0) is 0 Å². The van der Waals surface area contributed by atoms with Crippen LogP contribution < -0.4 is 10.6 Å². The second kappa shape index (κ2) is 4.26. The Morgan fingerprint density at radius 3 is 1.93 bits per heavy atom. The quantitative estimate of drug-likeness (QED) is 0.736. The highest BCUT2D eigenvalue weighted by atomic mass is 31.0. The number of benzene rings is 2. The van der Waals surface area contributed by atoms with Crippen molar-refractivity contribution in [2.75, 3.05) is 5.32 Å². The van der Waals surface area contributed by atoms with Gasteiger partial charge in [0.25, 0.3) is 0 Å². The van der Waals surface area contributed by atoms with Gasteiger partial charge in [-0.05, 0) is 29.6 Å². The van der Waals surface area contributed by atoms with Gasteiger partial charge in [0.1, 0.15) is 0 Å². The molecule has 0 radical (unpaired) electrons. The third-order valence-corrected chi connectivity index (χ3v) is 2.36. The third kappa shape index (κ3) is 2.34. The Bertz CT molecular complexity index is 394. The summed E-state index contributed by atoms with van der Waals surface area (Å²) >= 11 is 0. The topological polar surface area (TPSA) is 12.0 Å². The summed E-state index contributed by atoms with van der Waals surface area (Å²) in [5.41, 5.74) is 2.23. The molecule has 1 atom stereocenters. The molecule has 0 aliphatic heterocycles. The molecule has 0 spiro atoms. The summed E-state index contributed by atoms with van der Waals surface area (Å²) in [6.45, 7) is 0. The Hall–Kier alpha value is -1.33. The van der Waals surface area contributed by atoms with Crippen molar-refractivity contribution in [3.63, 3.8) is 0 Å². The Kier molecular flexibility index (Phi) is 2.81. The molecule has 2 aromatic carbocycles. The predicted octanol–water partition coefficient (Wildman–Crippen LogP) is 2.93. The van der Waals surface area contributed by atoms with E-state index in [4.69, 9.17) is 0 Å². The summed E-state index contributed by atoms with van der Waals surface area (Å²) in [5.74, 6) is 0. The van der Waals surface area contributed by atoms with Crippen molar-refractivity contribution < 1.29 is 0 Å². The van der Waals surface area contributed by atoms with Crippen molar-refractivity contribution in [3.05, 3.63) is 54.6 Å². The van der Waals surface area contributed by atoms with Crippen LogP contribution in [-0.4, -0.2) is 0 Å². The molecule has 0 fully saturated rings. The Balaban J connectivity index is 2.16. The minimum Gasteiger partial charge on any atom is -0.356 e. The normalized spacial score (nSPS) is 9.79. The summed E-state index contributed by atoms with van der Waals surface area (Å²) in [7, 11) is 2.67. The summed E-state index contributed by atoms with van der Waals surface area (Å²) < 4.78 is 0. The number of hydrogen-bond donors (Lipinski definition) is 1. The van der Waals surface area contributed by atoms with Gasteiger partial charge in [0.05, 0.1) is 0 Å². The van der Waals surface area contributed by atoms with Gasteiger partial charge in [-0.25, -0.2) is 0 Å². The largest absolute Gasteiger partial charge is 0.356 e. The summed E-state index contributed by atoms with van der Waals surface area (Å²) in [4.78, 5) is 0. The van der Waals surface area contributed by atoms with Crippen LogP contribution in [0.5, 0.6) is 0 Å². The highest BCUT2D eigenvalue weighted by molar-refractivity contribution is 7.27. The standard InChI is InChI=1S/C12H12NP/c14-12-8-6-11(7-9-12)13-10-4-2-1-3-5-10/h1-9,13H,14H2. The molecule has 0 saturated carbocycles. The maximum Gasteiger partial charge on any atom is 0.0384 e. The van der Waals surface area contributed by atoms with E-state index in [1.165, 1.54) is 5.30 Å². The first kappa shape index (κ1) is 9.23. The first-order valence-electron chi connectivity index (χ1n) is 4.52. The molecule has 0 aliphatic rings. The van der Waals surface area contributed by atoms with Crippen molar-refractivity contribution in [3.8, 4) is 0 Å².